The van der Waals surface area contributed by atoms with Crippen LogP contribution in [0.2, 0.25) is 0 Å². The lowest BCUT2D eigenvalue weighted by Gasteiger charge is -2.64. The second kappa shape index (κ2) is 10.4. The summed E-state index contributed by atoms with van der Waals surface area (Å²) in [5.41, 5.74) is 0.558. The maximum atomic E-state index is 12.1. The Morgan fingerprint density at radius 3 is 2.36 bits per heavy atom. The van der Waals surface area contributed by atoms with E-state index >= 15 is 0 Å². The van der Waals surface area contributed by atoms with Crippen LogP contribution in [0.15, 0.2) is 0 Å². The van der Waals surface area contributed by atoms with Crippen LogP contribution in [0.4, 0.5) is 4.79 Å². The fraction of sp³-hybridized carbons (Fsp3) is 0.968. The maximum absolute atomic E-state index is 12.1. The number of carbonyl (C=O) groups is 1. The highest BCUT2D eigenvalue weighted by molar-refractivity contribution is 5.67. The van der Waals surface area contributed by atoms with Gasteiger partial charge < -0.3 is 20.3 Å². The van der Waals surface area contributed by atoms with Crippen molar-refractivity contribution in [3.05, 3.63) is 0 Å². The summed E-state index contributed by atoms with van der Waals surface area (Å²) in [6.07, 6.45) is 9.00. The highest BCUT2D eigenvalue weighted by Gasteiger charge is 2.64. The topological polar surface area (TPSA) is 78.8 Å². The molecule has 1 unspecified atom stereocenters. The van der Waals surface area contributed by atoms with Crippen LogP contribution in [-0.2, 0) is 4.74 Å². The standard InChI is InChI=1S/C31H55NO4/c1-8-21-25-17-20(33)11-14-31(25,7)24-12-15-30(6)22(9-10-23(30)26(24)27(21)34)19(2)13-16-36-28(35)32-18-29(3,4)5/h19-27,33-34H,8-18H2,1-7H3,(H,32,35)/t19-,20-,21-,22-,23+,24+,25+,26+,27-,30?,31-/m1/s1. The molecular weight excluding hydrogens is 450 g/mol. The van der Waals surface area contributed by atoms with Gasteiger partial charge in [-0.25, -0.2) is 4.79 Å². The van der Waals surface area contributed by atoms with E-state index in [4.69, 9.17) is 4.74 Å². The van der Waals surface area contributed by atoms with Crippen molar-refractivity contribution in [2.45, 2.75) is 118 Å². The Balaban J connectivity index is 1.42. The van der Waals surface area contributed by atoms with E-state index in [1.54, 1.807) is 0 Å². The first-order valence-electron chi connectivity index (χ1n) is 15.1. The number of nitrogens with one attached hydrogen (secondary N) is 1. The van der Waals surface area contributed by atoms with E-state index in [1.165, 1.54) is 25.7 Å². The molecule has 11 atom stereocenters. The summed E-state index contributed by atoms with van der Waals surface area (Å²) in [7, 11) is 0. The molecule has 0 aliphatic heterocycles. The Bertz CT molecular complexity index is 779. The predicted octanol–water partition coefficient (Wildman–Crippen LogP) is 6.41. The molecule has 36 heavy (non-hydrogen) atoms. The number of ether oxygens (including phenoxy) is 1. The van der Waals surface area contributed by atoms with Crippen LogP contribution < -0.4 is 5.32 Å². The van der Waals surface area contributed by atoms with Gasteiger partial charge >= 0.3 is 6.09 Å². The van der Waals surface area contributed by atoms with Crippen LogP contribution in [-0.4, -0.2) is 41.7 Å². The summed E-state index contributed by atoms with van der Waals surface area (Å²) in [5.74, 6) is 3.43. The maximum Gasteiger partial charge on any atom is 0.407 e. The number of rotatable bonds is 6. The van der Waals surface area contributed by atoms with Crippen molar-refractivity contribution in [2.24, 2.45) is 57.7 Å². The molecule has 0 radical (unpaired) electrons. The third kappa shape index (κ3) is 5.09. The van der Waals surface area contributed by atoms with E-state index in [-0.39, 0.29) is 34.5 Å². The van der Waals surface area contributed by atoms with E-state index < -0.39 is 0 Å². The van der Waals surface area contributed by atoms with Gasteiger partial charge in [-0.1, -0.05) is 54.9 Å². The number of amides is 1. The first kappa shape index (κ1) is 28.2. The molecule has 3 N–H and O–H groups in total. The normalized spacial score (nSPS) is 45.2. The molecule has 4 fully saturated rings. The van der Waals surface area contributed by atoms with E-state index in [2.05, 4.69) is 53.8 Å². The first-order chi connectivity index (χ1) is 16.8. The molecule has 5 nitrogen and oxygen atoms in total. The van der Waals surface area contributed by atoms with Crippen molar-refractivity contribution in [1.82, 2.24) is 5.32 Å². The smallest absolute Gasteiger partial charge is 0.407 e. The van der Waals surface area contributed by atoms with E-state index in [1.807, 2.05) is 0 Å². The number of hydrogen-bond donors (Lipinski definition) is 3. The number of aliphatic hydroxyl groups is 2. The van der Waals surface area contributed by atoms with Gasteiger partial charge in [0.1, 0.15) is 0 Å². The van der Waals surface area contributed by atoms with Gasteiger partial charge in [0.05, 0.1) is 18.8 Å². The second-order valence-electron chi connectivity index (χ2n) is 14.9. The van der Waals surface area contributed by atoms with Crippen LogP contribution >= 0.6 is 0 Å². The number of aliphatic hydroxyl groups excluding tert-OH is 2. The summed E-state index contributed by atoms with van der Waals surface area (Å²) in [4.78, 5) is 12.1. The van der Waals surface area contributed by atoms with Crippen molar-refractivity contribution in [3.8, 4) is 0 Å². The lowest BCUT2D eigenvalue weighted by Crippen LogP contribution is -2.62. The third-order valence-corrected chi connectivity index (χ3v) is 11.7. The molecule has 0 heterocycles. The number of hydrogen-bond acceptors (Lipinski definition) is 4. The van der Waals surface area contributed by atoms with Crippen LogP contribution in [0.25, 0.3) is 0 Å². The van der Waals surface area contributed by atoms with Gasteiger partial charge in [-0.05, 0) is 109 Å². The van der Waals surface area contributed by atoms with E-state index in [0.717, 1.165) is 32.1 Å². The van der Waals surface area contributed by atoms with Crippen molar-refractivity contribution in [3.63, 3.8) is 0 Å². The van der Waals surface area contributed by atoms with Crippen LogP contribution in [0.1, 0.15) is 106 Å². The molecule has 5 heteroatoms. The largest absolute Gasteiger partial charge is 0.450 e. The number of carbonyl (C=O) groups excluding carboxylic acids is 1. The molecule has 0 aromatic heterocycles. The highest BCUT2D eigenvalue weighted by Crippen LogP contribution is 2.69. The summed E-state index contributed by atoms with van der Waals surface area (Å²) in [6, 6.07) is 0. The highest BCUT2D eigenvalue weighted by atomic mass is 16.5. The zero-order chi connectivity index (χ0) is 26.5. The zero-order valence-electron chi connectivity index (χ0n) is 24.2. The van der Waals surface area contributed by atoms with Gasteiger partial charge in [0.2, 0.25) is 0 Å². The molecule has 4 aliphatic rings. The van der Waals surface area contributed by atoms with Gasteiger partial charge in [-0.3, -0.25) is 0 Å². The average Bonchev–Trinajstić information content (AvgIpc) is 3.16. The summed E-state index contributed by atoms with van der Waals surface area (Å²) in [6.45, 7) is 17.0. The minimum atomic E-state index is -0.301. The van der Waals surface area contributed by atoms with E-state index in [9.17, 15) is 15.0 Å². The fourth-order valence-corrected chi connectivity index (χ4v) is 9.86. The Morgan fingerprint density at radius 1 is 1.03 bits per heavy atom. The lowest BCUT2D eigenvalue weighted by molar-refractivity contribution is -0.203. The van der Waals surface area contributed by atoms with E-state index in [0.29, 0.717) is 54.6 Å². The Kier molecular flexibility index (Phi) is 8.14. The minimum Gasteiger partial charge on any atom is -0.450 e. The Labute approximate surface area is 220 Å². The van der Waals surface area contributed by atoms with Crippen molar-refractivity contribution in [1.29, 1.82) is 0 Å². The molecule has 0 spiro atoms. The molecule has 0 aromatic carbocycles. The zero-order valence-corrected chi connectivity index (χ0v) is 24.2. The summed E-state index contributed by atoms with van der Waals surface area (Å²) in [5, 5.41) is 25.2. The average molecular weight is 506 g/mol. The molecule has 4 aliphatic carbocycles. The van der Waals surface area contributed by atoms with Gasteiger partial charge in [-0.15, -0.1) is 0 Å². The third-order valence-electron chi connectivity index (χ3n) is 11.7. The van der Waals surface area contributed by atoms with Crippen molar-refractivity contribution in [2.75, 3.05) is 13.2 Å². The minimum absolute atomic E-state index is 0.0492. The molecule has 208 valence electrons. The van der Waals surface area contributed by atoms with Gasteiger partial charge in [0.25, 0.3) is 0 Å². The van der Waals surface area contributed by atoms with Crippen LogP contribution in [0.3, 0.4) is 0 Å². The van der Waals surface area contributed by atoms with Gasteiger partial charge in [0.15, 0.2) is 0 Å². The number of fused-ring (bicyclic) bond motifs is 5. The quantitative estimate of drug-likeness (QED) is 0.390. The Hall–Kier alpha value is -0.810. The lowest BCUT2D eigenvalue weighted by atomic mass is 9.41. The second-order valence-corrected chi connectivity index (χ2v) is 14.9. The molecule has 1 amide bonds. The molecule has 4 saturated carbocycles. The van der Waals surface area contributed by atoms with Crippen LogP contribution in [0, 0.1) is 57.7 Å². The fourth-order valence-electron chi connectivity index (χ4n) is 9.86. The molecule has 0 bridgehead atoms. The predicted molar refractivity (Wildman–Crippen MR) is 144 cm³/mol. The molecular formula is C31H55NO4. The molecule has 0 aromatic rings. The van der Waals surface area contributed by atoms with Crippen LogP contribution in [0.5, 0.6) is 0 Å². The van der Waals surface area contributed by atoms with Crippen molar-refractivity contribution >= 4 is 6.09 Å². The van der Waals surface area contributed by atoms with Gasteiger partial charge in [0, 0.05) is 6.54 Å². The van der Waals surface area contributed by atoms with Gasteiger partial charge in [-0.2, -0.15) is 0 Å². The molecule has 4 rings (SSSR count). The monoisotopic (exact) mass is 505 g/mol. The van der Waals surface area contributed by atoms with Crippen molar-refractivity contribution < 1.29 is 19.7 Å². The summed E-state index contributed by atoms with van der Waals surface area (Å²) >= 11 is 0. The number of alkyl carbamates (subject to hydrolysis) is 1. The first-order valence-corrected chi connectivity index (χ1v) is 15.1. The summed E-state index contributed by atoms with van der Waals surface area (Å²) < 4.78 is 5.54. The Morgan fingerprint density at radius 2 is 1.69 bits per heavy atom. The SMILES string of the molecule is CC[C@H]1[C@@H](O)[C@H]2[C@@H]3CC[C@H]([C@H](C)CCOC(=O)NCC(C)(C)C)C3(C)CC[C@@H]2[C@@]2(C)CC[C@@H](O)C[C@@H]12. The molecule has 0 saturated heterocycles.